The van der Waals surface area contributed by atoms with Gasteiger partial charge in [0.05, 0.1) is 0 Å². The third-order valence-corrected chi connectivity index (χ3v) is 3.28. The fraction of sp³-hybridized carbons (Fsp3) is 0.438. The zero-order chi connectivity index (χ0) is 14.4. The minimum atomic E-state index is 0.503. The van der Waals surface area contributed by atoms with Crippen molar-refractivity contribution in [3.8, 4) is 5.75 Å². The molecule has 0 unspecified atom stereocenters. The normalized spacial score (nSPS) is 11.0. The molecule has 0 amide bonds. The average Bonchev–Trinajstić information content (AvgIpc) is 2.83. The van der Waals surface area contributed by atoms with Crippen molar-refractivity contribution < 1.29 is 4.74 Å². The minimum Gasteiger partial charge on any atom is -0.486 e. The van der Waals surface area contributed by atoms with Gasteiger partial charge in [-0.3, -0.25) is 0 Å². The van der Waals surface area contributed by atoms with Gasteiger partial charge in [0.1, 0.15) is 18.2 Å². The lowest BCUT2D eigenvalue weighted by Gasteiger charge is -2.10. The number of benzene rings is 1. The van der Waals surface area contributed by atoms with Crippen LogP contribution in [-0.2, 0) is 20.1 Å². The van der Waals surface area contributed by atoms with E-state index in [1.807, 2.05) is 29.9 Å². The van der Waals surface area contributed by atoms with Gasteiger partial charge < -0.3 is 14.2 Å². The topological polar surface area (TPSA) is 30.3 Å². The van der Waals surface area contributed by atoms with E-state index in [1.165, 1.54) is 12.0 Å². The fourth-order valence-electron chi connectivity index (χ4n) is 2.04. The molecule has 0 radical (unpaired) electrons. The van der Waals surface area contributed by atoms with E-state index in [0.29, 0.717) is 6.61 Å². The second-order valence-corrected chi connectivity index (χ2v) is 5.29. The van der Waals surface area contributed by atoms with Crippen molar-refractivity contribution in [2.45, 2.75) is 19.4 Å². The lowest BCUT2D eigenvalue weighted by molar-refractivity contribution is 0.291. The standard InChI is InChI=1S/C16H23N3O/c1-18(2)11-4-5-14-6-8-15(9-7-14)20-13-16-17-10-12-19(16)3/h6-10,12H,4-5,11,13H2,1-3H3. The zero-order valence-electron chi connectivity index (χ0n) is 12.5. The summed E-state index contributed by atoms with van der Waals surface area (Å²) >= 11 is 0. The number of hydrogen-bond acceptors (Lipinski definition) is 3. The van der Waals surface area contributed by atoms with Crippen LogP contribution >= 0.6 is 0 Å². The second kappa shape index (κ2) is 7.10. The number of hydrogen-bond donors (Lipinski definition) is 0. The van der Waals surface area contributed by atoms with Gasteiger partial charge in [-0.2, -0.15) is 0 Å². The molecular formula is C16H23N3O. The lowest BCUT2D eigenvalue weighted by atomic mass is 10.1. The summed E-state index contributed by atoms with van der Waals surface area (Å²) in [7, 11) is 6.18. The molecule has 0 spiro atoms. The molecule has 0 saturated carbocycles. The Morgan fingerprint density at radius 3 is 2.55 bits per heavy atom. The van der Waals surface area contributed by atoms with Crippen LogP contribution in [0.3, 0.4) is 0 Å². The molecule has 2 aromatic rings. The summed E-state index contributed by atoms with van der Waals surface area (Å²) in [6.45, 7) is 1.63. The Bertz CT molecular complexity index is 517. The van der Waals surface area contributed by atoms with E-state index in [9.17, 15) is 0 Å². The molecule has 0 saturated heterocycles. The maximum atomic E-state index is 5.74. The maximum Gasteiger partial charge on any atom is 0.146 e. The van der Waals surface area contributed by atoms with E-state index >= 15 is 0 Å². The number of aromatic nitrogens is 2. The van der Waals surface area contributed by atoms with Crippen LogP contribution in [0, 0.1) is 0 Å². The van der Waals surface area contributed by atoms with Gasteiger partial charge in [0.25, 0.3) is 0 Å². The second-order valence-electron chi connectivity index (χ2n) is 5.29. The lowest BCUT2D eigenvalue weighted by Crippen LogP contribution is -2.13. The molecule has 1 heterocycles. The highest BCUT2D eigenvalue weighted by Gasteiger charge is 2.01. The van der Waals surface area contributed by atoms with Gasteiger partial charge in [0.15, 0.2) is 0 Å². The van der Waals surface area contributed by atoms with E-state index in [-0.39, 0.29) is 0 Å². The molecule has 0 aliphatic heterocycles. The molecule has 0 fully saturated rings. The van der Waals surface area contributed by atoms with Gasteiger partial charge in [0.2, 0.25) is 0 Å². The number of rotatable bonds is 7. The van der Waals surface area contributed by atoms with Crippen molar-refractivity contribution in [3.05, 3.63) is 48.0 Å². The van der Waals surface area contributed by atoms with Crippen molar-refractivity contribution in [3.63, 3.8) is 0 Å². The van der Waals surface area contributed by atoms with E-state index < -0.39 is 0 Å². The third-order valence-electron chi connectivity index (χ3n) is 3.28. The van der Waals surface area contributed by atoms with Crippen LogP contribution < -0.4 is 4.74 Å². The van der Waals surface area contributed by atoms with E-state index in [4.69, 9.17) is 4.74 Å². The summed E-state index contributed by atoms with van der Waals surface area (Å²) in [6.07, 6.45) is 6.00. The van der Waals surface area contributed by atoms with Crippen LogP contribution in [0.5, 0.6) is 5.75 Å². The first-order chi connectivity index (χ1) is 9.65. The maximum absolute atomic E-state index is 5.74. The number of nitrogens with zero attached hydrogens (tertiary/aromatic N) is 3. The third kappa shape index (κ3) is 4.38. The Balaban J connectivity index is 1.81. The SMILES string of the molecule is CN(C)CCCc1ccc(OCc2nccn2C)cc1. The van der Waals surface area contributed by atoms with Crippen LogP contribution in [0.4, 0.5) is 0 Å². The Hall–Kier alpha value is -1.81. The molecule has 0 atom stereocenters. The van der Waals surface area contributed by atoms with E-state index in [1.54, 1.807) is 6.20 Å². The summed E-state index contributed by atoms with van der Waals surface area (Å²) in [5.74, 6) is 1.82. The number of imidazole rings is 1. The Kier molecular flexibility index (Phi) is 5.18. The molecule has 0 aliphatic carbocycles. The fourth-order valence-corrected chi connectivity index (χ4v) is 2.04. The van der Waals surface area contributed by atoms with Crippen molar-refractivity contribution >= 4 is 0 Å². The largest absolute Gasteiger partial charge is 0.486 e. The first kappa shape index (κ1) is 14.6. The molecule has 4 nitrogen and oxygen atoms in total. The highest BCUT2D eigenvalue weighted by Crippen LogP contribution is 2.14. The quantitative estimate of drug-likeness (QED) is 0.776. The average molecular weight is 273 g/mol. The van der Waals surface area contributed by atoms with Crippen LogP contribution in [0.15, 0.2) is 36.7 Å². The molecule has 20 heavy (non-hydrogen) atoms. The van der Waals surface area contributed by atoms with Gasteiger partial charge in [-0.05, 0) is 51.2 Å². The summed E-state index contributed by atoms with van der Waals surface area (Å²) < 4.78 is 7.71. The molecule has 1 aromatic heterocycles. The molecule has 1 aromatic carbocycles. The molecule has 2 rings (SSSR count). The van der Waals surface area contributed by atoms with Gasteiger partial charge in [-0.15, -0.1) is 0 Å². The first-order valence-corrected chi connectivity index (χ1v) is 6.98. The summed E-state index contributed by atoms with van der Waals surface area (Å²) in [5, 5.41) is 0. The van der Waals surface area contributed by atoms with Crippen LogP contribution in [0.2, 0.25) is 0 Å². The number of ether oxygens (including phenoxy) is 1. The van der Waals surface area contributed by atoms with Crippen LogP contribution in [0.25, 0.3) is 0 Å². The van der Waals surface area contributed by atoms with Gasteiger partial charge in [-0.25, -0.2) is 4.98 Å². The molecule has 108 valence electrons. The predicted octanol–water partition coefficient (Wildman–Crippen LogP) is 2.49. The van der Waals surface area contributed by atoms with Gasteiger partial charge in [0, 0.05) is 19.4 Å². The van der Waals surface area contributed by atoms with Gasteiger partial charge in [-0.1, -0.05) is 12.1 Å². The predicted molar refractivity (Wildman–Crippen MR) is 80.9 cm³/mol. The van der Waals surface area contributed by atoms with Crippen LogP contribution in [-0.4, -0.2) is 35.1 Å². The molecular weight excluding hydrogens is 250 g/mol. The molecule has 0 bridgehead atoms. The van der Waals surface area contributed by atoms with Crippen molar-refractivity contribution in [1.29, 1.82) is 0 Å². The summed E-state index contributed by atoms with van der Waals surface area (Å²) in [6, 6.07) is 8.36. The van der Waals surface area contributed by atoms with Gasteiger partial charge >= 0.3 is 0 Å². The molecule has 4 heteroatoms. The highest BCUT2D eigenvalue weighted by atomic mass is 16.5. The molecule has 0 N–H and O–H groups in total. The Morgan fingerprint density at radius 1 is 1.20 bits per heavy atom. The summed E-state index contributed by atoms with van der Waals surface area (Å²) in [5.41, 5.74) is 1.36. The Morgan fingerprint density at radius 2 is 1.95 bits per heavy atom. The highest BCUT2D eigenvalue weighted by molar-refractivity contribution is 5.27. The van der Waals surface area contributed by atoms with Crippen LogP contribution in [0.1, 0.15) is 17.8 Å². The molecule has 0 aliphatic rings. The summed E-state index contributed by atoms with van der Waals surface area (Å²) in [4.78, 5) is 6.45. The van der Waals surface area contributed by atoms with Crippen molar-refractivity contribution in [2.75, 3.05) is 20.6 Å². The smallest absolute Gasteiger partial charge is 0.146 e. The first-order valence-electron chi connectivity index (χ1n) is 6.98. The van der Waals surface area contributed by atoms with E-state index in [2.05, 4.69) is 36.1 Å². The Labute approximate surface area is 121 Å². The zero-order valence-corrected chi connectivity index (χ0v) is 12.5. The van der Waals surface area contributed by atoms with Crippen molar-refractivity contribution in [1.82, 2.24) is 14.5 Å². The minimum absolute atomic E-state index is 0.503. The monoisotopic (exact) mass is 273 g/mol. The van der Waals surface area contributed by atoms with E-state index in [0.717, 1.165) is 24.5 Å². The number of aryl methyl sites for hydroxylation is 2. The van der Waals surface area contributed by atoms with Crippen molar-refractivity contribution in [2.24, 2.45) is 7.05 Å².